The predicted molar refractivity (Wildman–Crippen MR) is 78.3 cm³/mol. The van der Waals surface area contributed by atoms with Crippen LogP contribution in [0.2, 0.25) is 0 Å². The Hall–Kier alpha value is -0.260. The van der Waals surface area contributed by atoms with Crippen LogP contribution in [0.15, 0.2) is 0 Å². The third kappa shape index (κ3) is 3.49. The van der Waals surface area contributed by atoms with E-state index >= 15 is 0 Å². The summed E-state index contributed by atoms with van der Waals surface area (Å²) in [7, 11) is 0. The van der Waals surface area contributed by atoms with Crippen molar-refractivity contribution in [3.63, 3.8) is 0 Å². The Kier molecular flexibility index (Phi) is 5.03. The molecule has 2 aliphatic heterocycles. The molecule has 20 heavy (non-hydrogen) atoms. The van der Waals surface area contributed by atoms with Gasteiger partial charge in [0.2, 0.25) is 0 Å². The Bertz CT molecular complexity index is 312. The van der Waals surface area contributed by atoms with E-state index in [9.17, 15) is 8.78 Å². The normalized spacial score (nSPS) is 30.3. The van der Waals surface area contributed by atoms with E-state index in [0.717, 1.165) is 32.7 Å². The van der Waals surface area contributed by atoms with Crippen LogP contribution in [0.1, 0.15) is 34.1 Å². The first kappa shape index (κ1) is 16.1. The molecule has 2 heterocycles. The quantitative estimate of drug-likeness (QED) is 0.788. The molecule has 0 aliphatic carbocycles. The average Bonchev–Trinajstić information content (AvgIpc) is 2.37. The summed E-state index contributed by atoms with van der Waals surface area (Å²) in [6.45, 7) is 12.4. The molecule has 0 spiro atoms. The largest absolute Gasteiger partial charge is 0.298 e. The second-order valence-corrected chi connectivity index (χ2v) is 6.80. The van der Waals surface area contributed by atoms with Gasteiger partial charge in [0.15, 0.2) is 0 Å². The van der Waals surface area contributed by atoms with Gasteiger partial charge in [-0.3, -0.25) is 14.7 Å². The Balaban J connectivity index is 1.93. The zero-order valence-electron chi connectivity index (χ0n) is 13.3. The minimum atomic E-state index is -2.58. The molecular weight excluding hydrogens is 260 g/mol. The summed E-state index contributed by atoms with van der Waals surface area (Å²) >= 11 is 0. The van der Waals surface area contributed by atoms with Crippen LogP contribution < -0.4 is 0 Å². The molecule has 2 fully saturated rings. The number of alkyl halides is 2. The molecule has 0 radical (unpaired) electrons. The van der Waals surface area contributed by atoms with Crippen molar-refractivity contribution in [3.8, 4) is 0 Å². The van der Waals surface area contributed by atoms with E-state index in [1.54, 1.807) is 0 Å². The third-order valence-electron chi connectivity index (χ3n) is 4.84. The van der Waals surface area contributed by atoms with Crippen LogP contribution >= 0.6 is 0 Å². The van der Waals surface area contributed by atoms with Gasteiger partial charge in [-0.25, -0.2) is 8.78 Å². The Morgan fingerprint density at radius 3 is 1.85 bits per heavy atom. The first-order chi connectivity index (χ1) is 9.31. The smallest absolute Gasteiger partial charge is 0.275 e. The van der Waals surface area contributed by atoms with E-state index in [-0.39, 0.29) is 12.6 Å². The number of nitrogens with zero attached hydrogens (tertiary/aromatic N) is 3. The van der Waals surface area contributed by atoms with Crippen LogP contribution in [0.5, 0.6) is 0 Å². The van der Waals surface area contributed by atoms with Gasteiger partial charge in [0.1, 0.15) is 0 Å². The van der Waals surface area contributed by atoms with Crippen LogP contribution in [0.4, 0.5) is 8.78 Å². The fourth-order valence-corrected chi connectivity index (χ4v) is 3.41. The zero-order chi connectivity index (χ0) is 14.9. The fraction of sp³-hybridized carbons (Fsp3) is 1.00. The first-order valence-electron chi connectivity index (χ1n) is 7.91. The second-order valence-electron chi connectivity index (χ2n) is 6.80. The van der Waals surface area contributed by atoms with E-state index in [1.807, 2.05) is 23.6 Å². The van der Waals surface area contributed by atoms with Crippen LogP contribution in [0.25, 0.3) is 0 Å². The summed E-state index contributed by atoms with van der Waals surface area (Å²) < 4.78 is 28.8. The van der Waals surface area contributed by atoms with Crippen LogP contribution in [-0.4, -0.2) is 78.0 Å². The molecule has 0 aromatic carbocycles. The van der Waals surface area contributed by atoms with Crippen LogP contribution in [0, 0.1) is 0 Å². The SMILES string of the molecule is CC(C)N1CCN([C@@H]2CCN(C(C)C)CC2(F)F)CC1. The highest BCUT2D eigenvalue weighted by Gasteiger charge is 2.48. The molecule has 0 aromatic rings. The monoisotopic (exact) mass is 289 g/mol. The molecule has 2 aliphatic rings. The molecule has 1 atom stereocenters. The first-order valence-corrected chi connectivity index (χ1v) is 7.91. The minimum Gasteiger partial charge on any atom is -0.298 e. The molecule has 0 N–H and O–H groups in total. The zero-order valence-corrected chi connectivity index (χ0v) is 13.3. The summed E-state index contributed by atoms with van der Waals surface area (Å²) in [6, 6.07) is 0.159. The summed E-state index contributed by atoms with van der Waals surface area (Å²) in [4.78, 5) is 6.30. The standard InChI is InChI=1S/C15H29F2N3/c1-12(2)18-7-9-19(10-8-18)14-5-6-20(13(3)4)11-15(14,16)17/h12-14H,5-11H2,1-4H3/t14-/m1/s1. The lowest BCUT2D eigenvalue weighted by Crippen LogP contribution is -2.62. The van der Waals surface area contributed by atoms with E-state index in [2.05, 4.69) is 18.7 Å². The molecule has 0 amide bonds. The molecule has 2 saturated heterocycles. The third-order valence-corrected chi connectivity index (χ3v) is 4.84. The Labute approximate surface area is 121 Å². The van der Waals surface area contributed by atoms with Gasteiger partial charge in [-0.05, 0) is 34.1 Å². The number of rotatable bonds is 3. The van der Waals surface area contributed by atoms with E-state index in [0.29, 0.717) is 12.5 Å². The maximum Gasteiger partial charge on any atom is 0.275 e. The van der Waals surface area contributed by atoms with Gasteiger partial charge in [-0.1, -0.05) is 0 Å². The summed E-state index contributed by atoms with van der Waals surface area (Å²) in [5, 5.41) is 0. The number of piperazine rings is 1. The lowest BCUT2D eigenvalue weighted by Gasteiger charge is -2.47. The molecule has 3 nitrogen and oxygen atoms in total. The van der Waals surface area contributed by atoms with Crippen LogP contribution in [0.3, 0.4) is 0 Å². The van der Waals surface area contributed by atoms with E-state index in [4.69, 9.17) is 0 Å². The summed E-state index contributed by atoms with van der Waals surface area (Å²) in [5.41, 5.74) is 0. The number of hydrogen-bond acceptors (Lipinski definition) is 3. The maximum absolute atomic E-state index is 14.4. The van der Waals surface area contributed by atoms with E-state index < -0.39 is 12.0 Å². The molecule has 0 saturated carbocycles. The van der Waals surface area contributed by atoms with Crippen molar-refractivity contribution in [1.82, 2.24) is 14.7 Å². The van der Waals surface area contributed by atoms with Gasteiger partial charge in [0, 0.05) is 44.8 Å². The van der Waals surface area contributed by atoms with Crippen molar-refractivity contribution in [1.29, 1.82) is 0 Å². The van der Waals surface area contributed by atoms with Gasteiger partial charge in [0.25, 0.3) is 5.92 Å². The van der Waals surface area contributed by atoms with Gasteiger partial charge in [-0.2, -0.15) is 0 Å². The van der Waals surface area contributed by atoms with Crippen molar-refractivity contribution < 1.29 is 8.78 Å². The van der Waals surface area contributed by atoms with E-state index in [1.165, 1.54) is 0 Å². The van der Waals surface area contributed by atoms with Gasteiger partial charge >= 0.3 is 0 Å². The molecule has 0 bridgehead atoms. The number of hydrogen-bond donors (Lipinski definition) is 0. The predicted octanol–water partition coefficient (Wildman–Crippen LogP) is 2.13. The van der Waals surface area contributed by atoms with Crippen molar-refractivity contribution in [2.75, 3.05) is 39.3 Å². The molecule has 118 valence electrons. The van der Waals surface area contributed by atoms with Crippen molar-refractivity contribution >= 4 is 0 Å². The highest BCUT2D eigenvalue weighted by molar-refractivity contribution is 4.95. The number of likely N-dealkylation sites (tertiary alicyclic amines) is 1. The molecule has 0 unspecified atom stereocenters. The fourth-order valence-electron chi connectivity index (χ4n) is 3.41. The molecule has 0 aromatic heterocycles. The molecule has 5 heteroatoms. The van der Waals surface area contributed by atoms with Gasteiger partial charge in [-0.15, -0.1) is 0 Å². The second kappa shape index (κ2) is 6.24. The highest BCUT2D eigenvalue weighted by atomic mass is 19.3. The molecular formula is C15H29F2N3. The van der Waals surface area contributed by atoms with Crippen LogP contribution in [-0.2, 0) is 0 Å². The molecule has 2 rings (SSSR count). The van der Waals surface area contributed by atoms with Gasteiger partial charge in [0.05, 0.1) is 12.6 Å². The topological polar surface area (TPSA) is 9.72 Å². The van der Waals surface area contributed by atoms with Crippen molar-refractivity contribution in [3.05, 3.63) is 0 Å². The van der Waals surface area contributed by atoms with Crippen molar-refractivity contribution in [2.45, 2.75) is 58.2 Å². The Morgan fingerprint density at radius 1 is 0.850 bits per heavy atom. The summed E-state index contributed by atoms with van der Waals surface area (Å²) in [5.74, 6) is -2.58. The Morgan fingerprint density at radius 2 is 1.40 bits per heavy atom. The number of halogens is 2. The van der Waals surface area contributed by atoms with Crippen molar-refractivity contribution in [2.24, 2.45) is 0 Å². The lowest BCUT2D eigenvalue weighted by molar-refractivity contribution is -0.138. The minimum absolute atomic E-state index is 0.0836. The highest BCUT2D eigenvalue weighted by Crippen LogP contribution is 2.32. The lowest BCUT2D eigenvalue weighted by atomic mass is 9.97. The summed E-state index contributed by atoms with van der Waals surface area (Å²) in [6.07, 6.45) is 0.590. The van der Waals surface area contributed by atoms with Gasteiger partial charge < -0.3 is 0 Å². The maximum atomic E-state index is 14.4. The number of piperidine rings is 1. The average molecular weight is 289 g/mol.